The molecule has 3 unspecified atom stereocenters. The summed E-state index contributed by atoms with van der Waals surface area (Å²) in [6.07, 6.45) is 4.30. The summed E-state index contributed by atoms with van der Waals surface area (Å²) in [7, 11) is 0. The van der Waals surface area contributed by atoms with Crippen LogP contribution in [0.2, 0.25) is 0 Å². The molecule has 0 aromatic heterocycles. The molecule has 0 aliphatic carbocycles. The van der Waals surface area contributed by atoms with E-state index >= 15 is 0 Å². The van der Waals surface area contributed by atoms with Gasteiger partial charge in [-0.25, -0.2) is 0 Å². The number of morpholine rings is 1. The Labute approximate surface area is 111 Å². The third kappa shape index (κ3) is 4.50. The minimum atomic E-state index is 0.373. The first-order valence-corrected chi connectivity index (χ1v) is 7.58. The average molecular weight is 255 g/mol. The van der Waals surface area contributed by atoms with Crippen LogP contribution in [0.25, 0.3) is 0 Å². The Morgan fingerprint density at radius 1 is 1.50 bits per heavy atom. The number of rotatable bonds is 6. The van der Waals surface area contributed by atoms with Gasteiger partial charge in [-0.3, -0.25) is 4.90 Å². The van der Waals surface area contributed by atoms with E-state index in [1.807, 2.05) is 0 Å². The maximum Gasteiger partial charge on any atom is 0.0826 e. The Hall–Kier alpha value is -0.160. The fourth-order valence-corrected chi connectivity index (χ4v) is 2.99. The van der Waals surface area contributed by atoms with Gasteiger partial charge in [-0.2, -0.15) is 0 Å². The van der Waals surface area contributed by atoms with Gasteiger partial charge in [0, 0.05) is 31.7 Å². The standard InChI is InChI=1S/C14H29N3O/c1-3-17-7-8-18-14(11-17)10-16-12(2)9-13-5-4-6-15-13/h12-16H,3-11H2,1-2H3. The number of likely N-dealkylation sites (N-methyl/N-ethyl adjacent to an activating group) is 1. The summed E-state index contributed by atoms with van der Waals surface area (Å²) in [6.45, 7) is 10.9. The van der Waals surface area contributed by atoms with E-state index in [1.165, 1.54) is 25.8 Å². The molecule has 2 rings (SSSR count). The first kappa shape index (κ1) is 14.3. The van der Waals surface area contributed by atoms with E-state index in [4.69, 9.17) is 4.74 Å². The molecule has 2 N–H and O–H groups in total. The van der Waals surface area contributed by atoms with Crippen LogP contribution in [0.1, 0.15) is 33.1 Å². The summed E-state index contributed by atoms with van der Waals surface area (Å²) < 4.78 is 5.81. The quantitative estimate of drug-likeness (QED) is 0.737. The van der Waals surface area contributed by atoms with E-state index in [1.54, 1.807) is 0 Å². The first-order valence-electron chi connectivity index (χ1n) is 7.58. The zero-order chi connectivity index (χ0) is 12.8. The molecule has 3 atom stereocenters. The monoisotopic (exact) mass is 255 g/mol. The van der Waals surface area contributed by atoms with E-state index < -0.39 is 0 Å². The fourth-order valence-electron chi connectivity index (χ4n) is 2.99. The SMILES string of the molecule is CCN1CCOC(CNC(C)CC2CCCN2)C1. The molecule has 2 heterocycles. The number of ether oxygens (including phenoxy) is 1. The van der Waals surface area contributed by atoms with Crippen molar-refractivity contribution in [3.8, 4) is 0 Å². The first-order chi connectivity index (χ1) is 8.78. The molecular formula is C14H29N3O. The maximum atomic E-state index is 5.81. The lowest BCUT2D eigenvalue weighted by Crippen LogP contribution is -2.48. The van der Waals surface area contributed by atoms with Crippen molar-refractivity contribution >= 4 is 0 Å². The second-order valence-electron chi connectivity index (χ2n) is 5.72. The van der Waals surface area contributed by atoms with Crippen LogP contribution in [-0.2, 0) is 4.74 Å². The molecule has 2 saturated heterocycles. The summed E-state index contributed by atoms with van der Waals surface area (Å²) in [4.78, 5) is 2.47. The maximum absolute atomic E-state index is 5.81. The van der Waals surface area contributed by atoms with Gasteiger partial charge in [0.25, 0.3) is 0 Å². The van der Waals surface area contributed by atoms with Crippen LogP contribution in [0.3, 0.4) is 0 Å². The Bertz CT molecular complexity index is 231. The molecule has 2 fully saturated rings. The van der Waals surface area contributed by atoms with Crippen molar-refractivity contribution in [1.82, 2.24) is 15.5 Å². The largest absolute Gasteiger partial charge is 0.374 e. The lowest BCUT2D eigenvalue weighted by atomic mass is 10.1. The molecule has 106 valence electrons. The molecule has 0 saturated carbocycles. The van der Waals surface area contributed by atoms with Crippen molar-refractivity contribution in [3.63, 3.8) is 0 Å². The van der Waals surface area contributed by atoms with Gasteiger partial charge in [0.15, 0.2) is 0 Å². The van der Waals surface area contributed by atoms with Gasteiger partial charge in [0.05, 0.1) is 12.7 Å². The third-order valence-electron chi connectivity index (χ3n) is 4.16. The molecule has 4 nitrogen and oxygen atoms in total. The average Bonchev–Trinajstić information content (AvgIpc) is 2.89. The molecule has 0 aromatic carbocycles. The molecule has 0 radical (unpaired) electrons. The molecule has 0 amide bonds. The van der Waals surface area contributed by atoms with Gasteiger partial charge in [-0.05, 0) is 39.3 Å². The molecule has 0 bridgehead atoms. The Morgan fingerprint density at radius 3 is 3.11 bits per heavy atom. The highest BCUT2D eigenvalue weighted by atomic mass is 16.5. The van der Waals surface area contributed by atoms with Crippen molar-refractivity contribution in [1.29, 1.82) is 0 Å². The van der Waals surface area contributed by atoms with Crippen LogP contribution in [0, 0.1) is 0 Å². The Balaban J connectivity index is 1.61. The van der Waals surface area contributed by atoms with E-state index in [0.29, 0.717) is 12.1 Å². The lowest BCUT2D eigenvalue weighted by molar-refractivity contribution is -0.0263. The highest BCUT2D eigenvalue weighted by molar-refractivity contribution is 4.80. The van der Waals surface area contributed by atoms with Crippen molar-refractivity contribution in [3.05, 3.63) is 0 Å². The summed E-state index contributed by atoms with van der Waals surface area (Å²) in [5, 5.41) is 7.19. The van der Waals surface area contributed by atoms with E-state index in [-0.39, 0.29) is 0 Å². The second-order valence-corrected chi connectivity index (χ2v) is 5.72. The van der Waals surface area contributed by atoms with Gasteiger partial charge >= 0.3 is 0 Å². The van der Waals surface area contributed by atoms with Crippen LogP contribution in [0.4, 0.5) is 0 Å². The minimum Gasteiger partial charge on any atom is -0.374 e. The zero-order valence-electron chi connectivity index (χ0n) is 12.0. The number of nitrogens with zero attached hydrogens (tertiary/aromatic N) is 1. The molecule has 4 heteroatoms. The smallest absolute Gasteiger partial charge is 0.0826 e. The van der Waals surface area contributed by atoms with Gasteiger partial charge < -0.3 is 15.4 Å². The van der Waals surface area contributed by atoms with Crippen LogP contribution in [-0.4, -0.2) is 62.4 Å². The number of hydrogen-bond acceptors (Lipinski definition) is 4. The zero-order valence-corrected chi connectivity index (χ0v) is 12.0. The van der Waals surface area contributed by atoms with Crippen molar-refractivity contribution in [2.24, 2.45) is 0 Å². The lowest BCUT2D eigenvalue weighted by Gasteiger charge is -2.33. The molecule has 0 aromatic rings. The van der Waals surface area contributed by atoms with Crippen molar-refractivity contribution in [2.75, 3.05) is 39.3 Å². The normalized spacial score (nSPS) is 31.7. The summed E-state index contributed by atoms with van der Waals surface area (Å²) >= 11 is 0. The van der Waals surface area contributed by atoms with Gasteiger partial charge in [-0.1, -0.05) is 6.92 Å². The predicted molar refractivity (Wildman–Crippen MR) is 75.0 cm³/mol. The topological polar surface area (TPSA) is 36.5 Å². The van der Waals surface area contributed by atoms with Crippen LogP contribution < -0.4 is 10.6 Å². The van der Waals surface area contributed by atoms with E-state index in [9.17, 15) is 0 Å². The minimum absolute atomic E-state index is 0.373. The number of hydrogen-bond donors (Lipinski definition) is 2. The van der Waals surface area contributed by atoms with Crippen LogP contribution in [0.5, 0.6) is 0 Å². The molecule has 2 aliphatic heterocycles. The Kier molecular flexibility index (Phi) is 5.89. The Morgan fingerprint density at radius 2 is 2.39 bits per heavy atom. The summed E-state index contributed by atoms with van der Waals surface area (Å²) in [6, 6.07) is 1.31. The molecule has 0 spiro atoms. The van der Waals surface area contributed by atoms with E-state index in [0.717, 1.165) is 38.8 Å². The fraction of sp³-hybridized carbons (Fsp3) is 1.00. The summed E-state index contributed by atoms with van der Waals surface area (Å²) in [5.41, 5.74) is 0. The highest BCUT2D eigenvalue weighted by Gasteiger charge is 2.21. The number of nitrogens with one attached hydrogen (secondary N) is 2. The third-order valence-corrected chi connectivity index (χ3v) is 4.16. The second kappa shape index (κ2) is 7.43. The summed E-state index contributed by atoms with van der Waals surface area (Å²) in [5.74, 6) is 0. The molecular weight excluding hydrogens is 226 g/mol. The molecule has 2 aliphatic rings. The van der Waals surface area contributed by atoms with Gasteiger partial charge in [0.1, 0.15) is 0 Å². The van der Waals surface area contributed by atoms with Crippen molar-refractivity contribution < 1.29 is 4.74 Å². The molecule has 18 heavy (non-hydrogen) atoms. The van der Waals surface area contributed by atoms with Gasteiger partial charge in [0.2, 0.25) is 0 Å². The van der Waals surface area contributed by atoms with E-state index in [2.05, 4.69) is 29.4 Å². The van der Waals surface area contributed by atoms with Crippen molar-refractivity contribution in [2.45, 2.75) is 51.3 Å². The predicted octanol–water partition coefficient (Wildman–Crippen LogP) is 0.827. The highest BCUT2D eigenvalue weighted by Crippen LogP contribution is 2.11. The van der Waals surface area contributed by atoms with Crippen LogP contribution >= 0.6 is 0 Å². The van der Waals surface area contributed by atoms with Gasteiger partial charge in [-0.15, -0.1) is 0 Å². The van der Waals surface area contributed by atoms with Crippen LogP contribution in [0.15, 0.2) is 0 Å².